The fourth-order valence-corrected chi connectivity index (χ4v) is 3.10. The van der Waals surface area contributed by atoms with Crippen molar-refractivity contribution in [2.75, 3.05) is 5.32 Å². The fourth-order valence-electron chi connectivity index (χ4n) is 3.10. The van der Waals surface area contributed by atoms with E-state index in [1.165, 1.54) is 12.6 Å². The van der Waals surface area contributed by atoms with Crippen LogP contribution in [0.15, 0.2) is 53.6 Å². The van der Waals surface area contributed by atoms with Crippen molar-refractivity contribution in [1.29, 1.82) is 0 Å². The maximum absolute atomic E-state index is 12.3. The van der Waals surface area contributed by atoms with Crippen molar-refractivity contribution in [3.63, 3.8) is 0 Å². The number of amides is 2. The van der Waals surface area contributed by atoms with E-state index in [1.54, 1.807) is 48.5 Å². The lowest BCUT2D eigenvalue weighted by molar-refractivity contribution is -0.120. The molecular weight excluding hydrogens is 342 g/mol. The Morgan fingerprint density at radius 1 is 0.963 bits per heavy atom. The van der Waals surface area contributed by atoms with Gasteiger partial charge in [-0.1, -0.05) is 19.3 Å². The van der Waals surface area contributed by atoms with Crippen molar-refractivity contribution in [2.45, 2.75) is 32.1 Å². The second kappa shape index (κ2) is 8.98. The van der Waals surface area contributed by atoms with Crippen LogP contribution in [0, 0.1) is 5.92 Å². The summed E-state index contributed by atoms with van der Waals surface area (Å²) < 4.78 is 0. The first-order valence-corrected chi connectivity index (χ1v) is 9.15. The molecule has 0 heterocycles. The van der Waals surface area contributed by atoms with E-state index in [2.05, 4.69) is 15.8 Å². The largest absolute Gasteiger partial charge is 0.508 e. The third-order valence-corrected chi connectivity index (χ3v) is 4.66. The van der Waals surface area contributed by atoms with Gasteiger partial charge in [0.25, 0.3) is 5.91 Å². The zero-order valence-electron chi connectivity index (χ0n) is 15.0. The Hall–Kier alpha value is -3.15. The minimum absolute atomic E-state index is 0.0606. The Labute approximate surface area is 158 Å². The highest BCUT2D eigenvalue weighted by Gasteiger charge is 2.21. The van der Waals surface area contributed by atoms with Crippen LogP contribution in [0.1, 0.15) is 48.0 Å². The smallest absolute Gasteiger partial charge is 0.271 e. The summed E-state index contributed by atoms with van der Waals surface area (Å²) in [5, 5.41) is 16.1. The molecule has 2 aromatic rings. The van der Waals surface area contributed by atoms with Crippen LogP contribution in [-0.2, 0) is 4.79 Å². The lowest BCUT2D eigenvalue weighted by Gasteiger charge is -2.20. The zero-order chi connectivity index (χ0) is 19.1. The van der Waals surface area contributed by atoms with E-state index in [9.17, 15) is 14.7 Å². The number of carbonyl (C=O) groups is 2. The SMILES string of the molecule is O=C(NN=Cc1ccc(O)cc1)c1ccc(NC(=O)C2CCCCC2)cc1. The molecule has 1 aliphatic carbocycles. The molecule has 2 amide bonds. The number of benzene rings is 2. The quantitative estimate of drug-likeness (QED) is 0.558. The second-order valence-electron chi connectivity index (χ2n) is 6.69. The number of hydrogen-bond acceptors (Lipinski definition) is 4. The first kappa shape index (κ1) is 18.6. The van der Waals surface area contributed by atoms with E-state index in [1.807, 2.05) is 0 Å². The first-order valence-electron chi connectivity index (χ1n) is 9.15. The third kappa shape index (κ3) is 5.41. The number of aromatic hydroxyl groups is 1. The lowest BCUT2D eigenvalue weighted by Crippen LogP contribution is -2.24. The number of carbonyl (C=O) groups excluding carboxylic acids is 2. The summed E-state index contributed by atoms with van der Waals surface area (Å²) in [7, 11) is 0. The highest BCUT2D eigenvalue weighted by atomic mass is 16.3. The Kier molecular flexibility index (Phi) is 6.20. The topological polar surface area (TPSA) is 90.8 Å². The molecule has 140 valence electrons. The summed E-state index contributed by atoms with van der Waals surface area (Å²) in [6, 6.07) is 13.2. The Bertz CT molecular complexity index is 808. The van der Waals surface area contributed by atoms with E-state index in [0.29, 0.717) is 11.3 Å². The molecule has 6 nitrogen and oxygen atoms in total. The van der Waals surface area contributed by atoms with E-state index in [-0.39, 0.29) is 23.5 Å². The van der Waals surface area contributed by atoms with Crippen LogP contribution in [0.25, 0.3) is 0 Å². The molecular formula is C21H23N3O3. The zero-order valence-corrected chi connectivity index (χ0v) is 15.0. The lowest BCUT2D eigenvalue weighted by atomic mass is 9.88. The monoisotopic (exact) mass is 365 g/mol. The van der Waals surface area contributed by atoms with Crippen molar-refractivity contribution in [1.82, 2.24) is 5.43 Å². The number of hydrazone groups is 1. The Balaban J connectivity index is 1.52. The summed E-state index contributed by atoms with van der Waals surface area (Å²) in [5.74, 6) is -0.0107. The van der Waals surface area contributed by atoms with Gasteiger partial charge in [-0.15, -0.1) is 0 Å². The van der Waals surface area contributed by atoms with Crippen LogP contribution in [0.3, 0.4) is 0 Å². The standard InChI is InChI=1S/C21H23N3O3/c25-19-12-6-15(7-13-19)14-22-24-21(27)17-8-10-18(11-9-17)23-20(26)16-4-2-1-3-5-16/h6-14,16,25H,1-5H2,(H,23,26)(H,24,27). The molecule has 0 unspecified atom stereocenters. The summed E-state index contributed by atoms with van der Waals surface area (Å²) in [5.41, 5.74) is 4.35. The molecule has 0 spiro atoms. The maximum atomic E-state index is 12.3. The highest BCUT2D eigenvalue weighted by Crippen LogP contribution is 2.25. The van der Waals surface area contributed by atoms with Gasteiger partial charge >= 0.3 is 0 Å². The molecule has 0 saturated heterocycles. The normalized spacial score (nSPS) is 14.8. The van der Waals surface area contributed by atoms with Crippen LogP contribution >= 0.6 is 0 Å². The molecule has 1 saturated carbocycles. The molecule has 1 aliphatic rings. The third-order valence-electron chi connectivity index (χ3n) is 4.66. The summed E-state index contributed by atoms with van der Waals surface area (Å²) in [6.45, 7) is 0. The van der Waals surface area contributed by atoms with E-state index in [0.717, 1.165) is 31.2 Å². The molecule has 27 heavy (non-hydrogen) atoms. The van der Waals surface area contributed by atoms with Gasteiger partial charge in [-0.2, -0.15) is 5.10 Å². The van der Waals surface area contributed by atoms with Crippen LogP contribution in [0.5, 0.6) is 5.75 Å². The van der Waals surface area contributed by atoms with E-state index >= 15 is 0 Å². The van der Waals surface area contributed by atoms with Gasteiger partial charge < -0.3 is 10.4 Å². The van der Waals surface area contributed by atoms with Crippen molar-refractivity contribution >= 4 is 23.7 Å². The molecule has 1 fully saturated rings. The minimum atomic E-state index is -0.338. The summed E-state index contributed by atoms with van der Waals surface area (Å²) in [6.07, 6.45) is 6.83. The van der Waals surface area contributed by atoms with Crippen molar-refractivity contribution in [2.24, 2.45) is 11.0 Å². The maximum Gasteiger partial charge on any atom is 0.271 e. The average Bonchev–Trinajstić information content (AvgIpc) is 2.70. The van der Waals surface area contributed by atoms with Crippen LogP contribution in [-0.4, -0.2) is 23.1 Å². The van der Waals surface area contributed by atoms with E-state index < -0.39 is 0 Å². The molecule has 0 aromatic heterocycles. The van der Waals surface area contributed by atoms with Gasteiger partial charge in [0.05, 0.1) is 6.21 Å². The minimum Gasteiger partial charge on any atom is -0.508 e. The van der Waals surface area contributed by atoms with Gasteiger partial charge in [-0.05, 0) is 66.9 Å². The Morgan fingerprint density at radius 2 is 1.63 bits per heavy atom. The fraction of sp³-hybridized carbons (Fsp3) is 0.286. The number of hydrogen-bond donors (Lipinski definition) is 3. The highest BCUT2D eigenvalue weighted by molar-refractivity contribution is 5.96. The number of nitrogens with one attached hydrogen (secondary N) is 2. The van der Waals surface area contributed by atoms with Gasteiger partial charge in [0, 0.05) is 17.2 Å². The van der Waals surface area contributed by atoms with Crippen molar-refractivity contribution < 1.29 is 14.7 Å². The number of phenols is 1. The molecule has 0 radical (unpaired) electrons. The predicted octanol–water partition coefficient (Wildman–Crippen LogP) is 3.67. The molecule has 6 heteroatoms. The van der Waals surface area contributed by atoms with Crippen LogP contribution in [0.4, 0.5) is 5.69 Å². The molecule has 0 aliphatic heterocycles. The van der Waals surface area contributed by atoms with Gasteiger partial charge in [0.1, 0.15) is 5.75 Å². The number of rotatable bonds is 5. The van der Waals surface area contributed by atoms with Gasteiger partial charge in [-0.3, -0.25) is 9.59 Å². The summed E-state index contributed by atoms with van der Waals surface area (Å²) in [4.78, 5) is 24.4. The van der Waals surface area contributed by atoms with Crippen LogP contribution < -0.4 is 10.7 Å². The average molecular weight is 365 g/mol. The molecule has 3 rings (SSSR count). The van der Waals surface area contributed by atoms with Crippen LogP contribution in [0.2, 0.25) is 0 Å². The molecule has 3 N–H and O–H groups in total. The second-order valence-corrected chi connectivity index (χ2v) is 6.69. The number of anilines is 1. The number of phenolic OH excluding ortho intramolecular Hbond substituents is 1. The van der Waals surface area contributed by atoms with Crippen molar-refractivity contribution in [3.8, 4) is 5.75 Å². The number of nitrogens with zero attached hydrogens (tertiary/aromatic N) is 1. The molecule has 0 bridgehead atoms. The molecule has 2 aromatic carbocycles. The predicted molar refractivity (Wildman–Crippen MR) is 105 cm³/mol. The van der Waals surface area contributed by atoms with Crippen molar-refractivity contribution in [3.05, 3.63) is 59.7 Å². The van der Waals surface area contributed by atoms with E-state index in [4.69, 9.17) is 0 Å². The van der Waals surface area contributed by atoms with Gasteiger partial charge in [0.2, 0.25) is 5.91 Å². The molecule has 0 atom stereocenters. The first-order chi connectivity index (χ1) is 13.1. The Morgan fingerprint density at radius 3 is 2.30 bits per heavy atom. The van der Waals surface area contributed by atoms with Gasteiger partial charge in [-0.25, -0.2) is 5.43 Å². The summed E-state index contributed by atoms with van der Waals surface area (Å²) >= 11 is 0. The van der Waals surface area contributed by atoms with Gasteiger partial charge in [0.15, 0.2) is 0 Å².